The fraction of sp³-hybridized carbons (Fsp3) is 0.385. The first kappa shape index (κ1) is 14.0. The summed E-state index contributed by atoms with van der Waals surface area (Å²) < 4.78 is 9.13. The number of alkyl carbamates (subject to hydrolysis) is 1. The topological polar surface area (TPSA) is 64.6 Å². The molecule has 18 heavy (non-hydrogen) atoms. The largest absolute Gasteiger partial charge is 0.467 e. The number of methoxy groups -OCH3 is 2. The minimum atomic E-state index is -0.746. The summed E-state index contributed by atoms with van der Waals surface area (Å²) in [5.41, 5.74) is 2.04. The number of nitrogens with one attached hydrogen (secondary N) is 1. The maximum absolute atomic E-state index is 11.6. The molecule has 1 aromatic carbocycles. The van der Waals surface area contributed by atoms with Gasteiger partial charge in [-0.3, -0.25) is 0 Å². The summed E-state index contributed by atoms with van der Waals surface area (Å²) in [5, 5.41) is 2.45. The standard InChI is InChI=1S/C13H17NO4/c1-9-5-4-6-10(7-9)8-11(12(15)17-2)14-13(16)18-3/h4-7,11H,8H2,1-3H3,(H,14,16). The maximum atomic E-state index is 11.6. The molecule has 1 N–H and O–H groups in total. The Morgan fingerprint density at radius 3 is 2.56 bits per heavy atom. The lowest BCUT2D eigenvalue weighted by atomic mass is 10.0. The highest BCUT2D eigenvalue weighted by Crippen LogP contribution is 2.08. The van der Waals surface area contributed by atoms with Gasteiger partial charge in [-0.25, -0.2) is 9.59 Å². The van der Waals surface area contributed by atoms with E-state index < -0.39 is 18.1 Å². The van der Waals surface area contributed by atoms with E-state index in [1.54, 1.807) is 0 Å². The molecule has 0 spiro atoms. The van der Waals surface area contributed by atoms with Crippen molar-refractivity contribution in [3.63, 3.8) is 0 Å². The van der Waals surface area contributed by atoms with Crippen LogP contribution in [-0.4, -0.2) is 32.3 Å². The zero-order chi connectivity index (χ0) is 13.5. The van der Waals surface area contributed by atoms with Crippen LogP contribution in [-0.2, 0) is 20.7 Å². The van der Waals surface area contributed by atoms with Crippen molar-refractivity contribution in [2.24, 2.45) is 0 Å². The third kappa shape index (κ3) is 4.08. The van der Waals surface area contributed by atoms with Crippen LogP contribution in [0.25, 0.3) is 0 Å². The van der Waals surface area contributed by atoms with Crippen LogP contribution in [0.2, 0.25) is 0 Å². The van der Waals surface area contributed by atoms with Crippen LogP contribution in [0.15, 0.2) is 24.3 Å². The van der Waals surface area contributed by atoms with Gasteiger partial charge in [0.2, 0.25) is 0 Å². The summed E-state index contributed by atoms with van der Waals surface area (Å²) in [4.78, 5) is 22.7. The van der Waals surface area contributed by atoms with Gasteiger partial charge in [-0.1, -0.05) is 29.8 Å². The summed E-state index contributed by atoms with van der Waals surface area (Å²) >= 11 is 0. The van der Waals surface area contributed by atoms with E-state index in [-0.39, 0.29) is 0 Å². The van der Waals surface area contributed by atoms with Crippen LogP contribution >= 0.6 is 0 Å². The summed E-state index contributed by atoms with van der Waals surface area (Å²) in [5.74, 6) is -0.498. The van der Waals surface area contributed by atoms with E-state index in [1.165, 1.54) is 14.2 Å². The number of carbonyl (C=O) groups is 2. The predicted molar refractivity (Wildman–Crippen MR) is 66.2 cm³/mol. The van der Waals surface area contributed by atoms with Crippen LogP contribution in [0, 0.1) is 6.92 Å². The van der Waals surface area contributed by atoms with E-state index in [1.807, 2.05) is 31.2 Å². The third-order valence-electron chi connectivity index (χ3n) is 2.49. The minimum Gasteiger partial charge on any atom is -0.467 e. The van der Waals surface area contributed by atoms with Gasteiger partial charge in [-0.05, 0) is 12.5 Å². The highest BCUT2D eigenvalue weighted by molar-refractivity contribution is 5.81. The fourth-order valence-corrected chi connectivity index (χ4v) is 1.61. The summed E-state index contributed by atoms with van der Waals surface area (Å²) in [7, 11) is 2.53. The third-order valence-corrected chi connectivity index (χ3v) is 2.49. The van der Waals surface area contributed by atoms with Crippen LogP contribution in [0.5, 0.6) is 0 Å². The van der Waals surface area contributed by atoms with E-state index in [0.717, 1.165) is 11.1 Å². The second kappa shape index (κ2) is 6.64. The predicted octanol–water partition coefficient (Wildman–Crippen LogP) is 1.44. The molecule has 1 amide bonds. The Morgan fingerprint density at radius 1 is 1.28 bits per heavy atom. The Morgan fingerprint density at radius 2 is 2.00 bits per heavy atom. The molecule has 1 atom stereocenters. The van der Waals surface area contributed by atoms with Crippen LogP contribution in [0.3, 0.4) is 0 Å². The molecule has 1 unspecified atom stereocenters. The lowest BCUT2D eigenvalue weighted by Gasteiger charge is -2.15. The van der Waals surface area contributed by atoms with Gasteiger partial charge in [-0.15, -0.1) is 0 Å². The minimum absolute atomic E-state index is 0.365. The second-order valence-electron chi connectivity index (χ2n) is 3.90. The van der Waals surface area contributed by atoms with Crippen molar-refractivity contribution in [3.8, 4) is 0 Å². The Kier molecular flexibility index (Phi) is 5.17. The Balaban J connectivity index is 2.78. The molecule has 98 valence electrons. The highest BCUT2D eigenvalue weighted by atomic mass is 16.5. The maximum Gasteiger partial charge on any atom is 0.407 e. The van der Waals surface area contributed by atoms with E-state index in [0.29, 0.717) is 6.42 Å². The van der Waals surface area contributed by atoms with Gasteiger partial charge in [0.15, 0.2) is 0 Å². The number of ether oxygens (including phenoxy) is 2. The fourth-order valence-electron chi connectivity index (χ4n) is 1.61. The number of amides is 1. The molecular formula is C13H17NO4. The molecule has 0 heterocycles. The van der Waals surface area contributed by atoms with Crippen molar-refractivity contribution >= 4 is 12.1 Å². The van der Waals surface area contributed by atoms with Crippen LogP contribution in [0.4, 0.5) is 4.79 Å². The number of hydrogen-bond donors (Lipinski definition) is 1. The van der Waals surface area contributed by atoms with Crippen molar-refractivity contribution in [1.82, 2.24) is 5.32 Å². The molecular weight excluding hydrogens is 234 g/mol. The molecule has 0 saturated carbocycles. The lowest BCUT2D eigenvalue weighted by molar-refractivity contribution is -0.142. The molecule has 0 aliphatic carbocycles. The molecule has 0 aliphatic heterocycles. The first-order valence-corrected chi connectivity index (χ1v) is 5.54. The van der Waals surface area contributed by atoms with Gasteiger partial charge >= 0.3 is 12.1 Å². The average molecular weight is 251 g/mol. The molecule has 0 saturated heterocycles. The summed E-state index contributed by atoms with van der Waals surface area (Å²) in [6.45, 7) is 1.96. The molecule has 0 fully saturated rings. The van der Waals surface area contributed by atoms with Gasteiger partial charge in [0.1, 0.15) is 6.04 Å². The normalized spacial score (nSPS) is 11.5. The van der Waals surface area contributed by atoms with Gasteiger partial charge in [0.05, 0.1) is 14.2 Å². The molecule has 0 bridgehead atoms. The number of hydrogen-bond acceptors (Lipinski definition) is 4. The van der Waals surface area contributed by atoms with Gasteiger partial charge in [0.25, 0.3) is 0 Å². The summed E-state index contributed by atoms with van der Waals surface area (Å²) in [6, 6.07) is 6.96. The first-order chi connectivity index (χ1) is 8.56. The number of aryl methyl sites for hydroxylation is 1. The molecule has 5 nitrogen and oxygen atoms in total. The highest BCUT2D eigenvalue weighted by Gasteiger charge is 2.22. The Labute approximate surface area is 106 Å². The zero-order valence-corrected chi connectivity index (χ0v) is 10.7. The van der Waals surface area contributed by atoms with Gasteiger partial charge < -0.3 is 14.8 Å². The quantitative estimate of drug-likeness (QED) is 0.822. The number of esters is 1. The smallest absolute Gasteiger partial charge is 0.407 e. The summed E-state index contributed by atoms with van der Waals surface area (Å²) in [6.07, 6.45) is -0.290. The molecule has 5 heteroatoms. The molecule has 1 aromatic rings. The van der Waals surface area contributed by atoms with Crippen molar-refractivity contribution in [2.45, 2.75) is 19.4 Å². The van der Waals surface area contributed by atoms with E-state index in [4.69, 9.17) is 0 Å². The zero-order valence-electron chi connectivity index (χ0n) is 10.7. The molecule has 0 radical (unpaired) electrons. The number of rotatable bonds is 4. The molecule has 1 rings (SSSR count). The Hall–Kier alpha value is -2.04. The first-order valence-electron chi connectivity index (χ1n) is 5.54. The van der Waals surface area contributed by atoms with Crippen LogP contribution < -0.4 is 5.32 Å². The van der Waals surface area contributed by atoms with Crippen molar-refractivity contribution in [3.05, 3.63) is 35.4 Å². The SMILES string of the molecule is COC(=O)NC(Cc1cccc(C)c1)C(=O)OC. The molecule has 0 aromatic heterocycles. The van der Waals surface area contributed by atoms with Crippen molar-refractivity contribution < 1.29 is 19.1 Å². The number of benzene rings is 1. The van der Waals surface area contributed by atoms with E-state index >= 15 is 0 Å². The van der Waals surface area contributed by atoms with Gasteiger partial charge in [-0.2, -0.15) is 0 Å². The van der Waals surface area contributed by atoms with E-state index in [2.05, 4.69) is 14.8 Å². The monoisotopic (exact) mass is 251 g/mol. The van der Waals surface area contributed by atoms with Gasteiger partial charge in [0, 0.05) is 6.42 Å². The lowest BCUT2D eigenvalue weighted by Crippen LogP contribution is -2.43. The Bertz CT molecular complexity index is 431. The van der Waals surface area contributed by atoms with Crippen molar-refractivity contribution in [2.75, 3.05) is 14.2 Å². The van der Waals surface area contributed by atoms with Crippen LogP contribution in [0.1, 0.15) is 11.1 Å². The number of carbonyl (C=O) groups excluding carboxylic acids is 2. The molecule has 0 aliphatic rings. The average Bonchev–Trinajstić information content (AvgIpc) is 2.36. The van der Waals surface area contributed by atoms with E-state index in [9.17, 15) is 9.59 Å². The van der Waals surface area contributed by atoms with Crippen molar-refractivity contribution in [1.29, 1.82) is 0 Å². The second-order valence-corrected chi connectivity index (χ2v) is 3.90.